The van der Waals surface area contributed by atoms with Crippen molar-refractivity contribution in [1.82, 2.24) is 0 Å². The number of ether oxygens (including phenoxy) is 1. The SMILES string of the molecule is COC1Nc2c(CP(=O)(O)O)cc(Br)cc2NC1=O. The Hall–Kier alpha value is -0.920. The number of halogens is 1. The van der Waals surface area contributed by atoms with Crippen LogP contribution in [0.25, 0.3) is 0 Å². The summed E-state index contributed by atoms with van der Waals surface area (Å²) in [5, 5.41) is 5.43. The van der Waals surface area contributed by atoms with Gasteiger partial charge in [-0.3, -0.25) is 9.36 Å². The van der Waals surface area contributed by atoms with E-state index in [4.69, 9.17) is 14.5 Å². The van der Waals surface area contributed by atoms with E-state index in [0.29, 0.717) is 21.4 Å². The second-order valence-electron chi connectivity index (χ2n) is 4.06. The number of anilines is 2. The fourth-order valence-corrected chi connectivity index (χ4v) is 3.04. The average Bonchev–Trinajstić information content (AvgIpc) is 2.25. The van der Waals surface area contributed by atoms with E-state index in [0.717, 1.165) is 0 Å². The Morgan fingerprint density at radius 3 is 2.74 bits per heavy atom. The van der Waals surface area contributed by atoms with Crippen LogP contribution < -0.4 is 10.6 Å². The molecule has 1 unspecified atom stereocenters. The molecule has 1 atom stereocenters. The summed E-state index contributed by atoms with van der Waals surface area (Å²) in [6.07, 6.45) is -1.31. The van der Waals surface area contributed by atoms with Crippen molar-refractivity contribution in [2.24, 2.45) is 0 Å². The first-order valence-electron chi connectivity index (χ1n) is 5.27. The zero-order valence-electron chi connectivity index (χ0n) is 9.88. The number of carbonyl (C=O) groups excluding carboxylic acids is 1. The van der Waals surface area contributed by atoms with Crippen LogP contribution in [0.4, 0.5) is 11.4 Å². The van der Waals surface area contributed by atoms with Gasteiger partial charge in [-0.15, -0.1) is 0 Å². The molecule has 19 heavy (non-hydrogen) atoms. The maximum absolute atomic E-state index is 11.6. The fourth-order valence-electron chi connectivity index (χ4n) is 1.84. The maximum Gasteiger partial charge on any atom is 0.329 e. The molecule has 0 aliphatic carbocycles. The van der Waals surface area contributed by atoms with Crippen LogP contribution in [0.3, 0.4) is 0 Å². The Balaban J connectivity index is 2.46. The molecular formula is C10H12BrN2O5P. The molecule has 0 saturated heterocycles. The maximum atomic E-state index is 11.6. The van der Waals surface area contributed by atoms with Crippen LogP contribution in [-0.2, 0) is 20.3 Å². The molecule has 4 N–H and O–H groups in total. The van der Waals surface area contributed by atoms with E-state index in [1.54, 1.807) is 12.1 Å². The first-order valence-corrected chi connectivity index (χ1v) is 7.86. The van der Waals surface area contributed by atoms with E-state index >= 15 is 0 Å². The van der Waals surface area contributed by atoms with E-state index in [-0.39, 0.29) is 5.91 Å². The zero-order chi connectivity index (χ0) is 14.2. The second kappa shape index (κ2) is 5.22. The molecule has 0 fully saturated rings. The summed E-state index contributed by atoms with van der Waals surface area (Å²) in [6.45, 7) is 0. The van der Waals surface area contributed by atoms with Crippen molar-refractivity contribution >= 4 is 40.8 Å². The minimum Gasteiger partial charge on any atom is -0.353 e. The number of amides is 1. The third-order valence-corrected chi connectivity index (χ3v) is 3.78. The normalized spacial score (nSPS) is 18.5. The van der Waals surface area contributed by atoms with Gasteiger partial charge >= 0.3 is 7.60 Å². The highest BCUT2D eigenvalue weighted by atomic mass is 79.9. The molecule has 7 nitrogen and oxygen atoms in total. The minimum atomic E-state index is -4.21. The molecule has 1 aromatic carbocycles. The van der Waals surface area contributed by atoms with Crippen LogP contribution in [0.1, 0.15) is 5.56 Å². The summed E-state index contributed by atoms with van der Waals surface area (Å²) in [6, 6.07) is 3.24. The zero-order valence-corrected chi connectivity index (χ0v) is 12.4. The largest absolute Gasteiger partial charge is 0.353 e. The average molecular weight is 351 g/mol. The summed E-state index contributed by atoms with van der Waals surface area (Å²) in [4.78, 5) is 29.8. The first kappa shape index (κ1) is 14.5. The van der Waals surface area contributed by atoms with Crippen molar-refractivity contribution < 1.29 is 23.9 Å². The van der Waals surface area contributed by atoms with Gasteiger partial charge in [-0.1, -0.05) is 15.9 Å². The lowest BCUT2D eigenvalue weighted by molar-refractivity contribution is -0.124. The van der Waals surface area contributed by atoms with E-state index in [2.05, 4.69) is 26.6 Å². The molecule has 1 heterocycles. The molecule has 0 spiro atoms. The van der Waals surface area contributed by atoms with E-state index in [9.17, 15) is 9.36 Å². The van der Waals surface area contributed by atoms with Gasteiger partial charge in [0, 0.05) is 11.6 Å². The van der Waals surface area contributed by atoms with Crippen LogP contribution in [-0.4, -0.2) is 29.0 Å². The number of fused-ring (bicyclic) bond motifs is 1. The summed E-state index contributed by atoms with van der Waals surface area (Å²) in [5.74, 6) is -0.366. The number of methoxy groups -OCH3 is 1. The molecule has 104 valence electrons. The van der Waals surface area contributed by atoms with Crippen LogP contribution in [0.5, 0.6) is 0 Å². The number of hydrogen-bond acceptors (Lipinski definition) is 4. The van der Waals surface area contributed by atoms with Crippen LogP contribution >= 0.6 is 23.5 Å². The fraction of sp³-hybridized carbons (Fsp3) is 0.300. The Morgan fingerprint density at radius 1 is 1.47 bits per heavy atom. The Morgan fingerprint density at radius 2 is 2.16 bits per heavy atom. The molecule has 1 aliphatic rings. The number of rotatable bonds is 3. The lowest BCUT2D eigenvalue weighted by Gasteiger charge is -2.28. The molecular weight excluding hydrogens is 339 g/mol. The molecule has 1 aliphatic heterocycles. The smallest absolute Gasteiger partial charge is 0.329 e. The topological polar surface area (TPSA) is 108 Å². The molecule has 0 saturated carbocycles. The first-order chi connectivity index (χ1) is 8.80. The van der Waals surface area contributed by atoms with Gasteiger partial charge < -0.3 is 25.2 Å². The van der Waals surface area contributed by atoms with Crippen molar-refractivity contribution in [3.05, 3.63) is 22.2 Å². The van der Waals surface area contributed by atoms with Crippen LogP contribution in [0, 0.1) is 0 Å². The monoisotopic (exact) mass is 350 g/mol. The second-order valence-corrected chi connectivity index (χ2v) is 6.62. The van der Waals surface area contributed by atoms with Gasteiger partial charge in [-0.25, -0.2) is 0 Å². The number of carbonyl (C=O) groups is 1. The Labute approximate surface area is 117 Å². The standard InChI is InChI=1S/C10H12BrN2O5P/c1-18-10-9(14)12-7-3-6(11)2-5(8(7)13-10)4-19(15,16)17/h2-3,10,13H,4H2,1H3,(H,12,14)(H2,15,16,17). The summed E-state index contributed by atoms with van der Waals surface area (Å²) in [5.41, 5.74) is 1.31. The number of nitrogens with one attached hydrogen (secondary N) is 2. The van der Waals surface area contributed by atoms with Crippen molar-refractivity contribution in [1.29, 1.82) is 0 Å². The predicted octanol–water partition coefficient (Wildman–Crippen LogP) is 1.46. The van der Waals surface area contributed by atoms with Crippen LogP contribution in [0.2, 0.25) is 0 Å². The summed E-state index contributed by atoms with van der Waals surface area (Å²) < 4.78 is 16.7. The van der Waals surface area contributed by atoms with Gasteiger partial charge in [-0.2, -0.15) is 0 Å². The van der Waals surface area contributed by atoms with Crippen molar-refractivity contribution in [2.45, 2.75) is 12.4 Å². The number of benzene rings is 1. The van der Waals surface area contributed by atoms with E-state index in [1.807, 2.05) is 0 Å². The molecule has 1 amide bonds. The lowest BCUT2D eigenvalue weighted by Crippen LogP contribution is -2.40. The van der Waals surface area contributed by atoms with Crippen molar-refractivity contribution in [3.63, 3.8) is 0 Å². The third-order valence-electron chi connectivity index (χ3n) is 2.57. The summed E-state index contributed by atoms with van der Waals surface area (Å²) >= 11 is 3.24. The van der Waals surface area contributed by atoms with Gasteiger partial charge in [0.1, 0.15) is 0 Å². The van der Waals surface area contributed by atoms with Crippen LogP contribution in [0.15, 0.2) is 16.6 Å². The lowest BCUT2D eigenvalue weighted by atomic mass is 10.1. The van der Waals surface area contributed by atoms with Gasteiger partial charge in [0.05, 0.1) is 17.5 Å². The third kappa shape index (κ3) is 3.34. The molecule has 2 rings (SSSR count). The van der Waals surface area contributed by atoms with Crippen molar-refractivity contribution in [3.8, 4) is 0 Å². The van der Waals surface area contributed by atoms with Gasteiger partial charge in [-0.05, 0) is 17.7 Å². The minimum absolute atomic E-state index is 0.366. The van der Waals surface area contributed by atoms with E-state index in [1.165, 1.54) is 7.11 Å². The predicted molar refractivity (Wildman–Crippen MR) is 72.9 cm³/mol. The molecule has 0 aromatic heterocycles. The molecule has 1 aromatic rings. The Bertz CT molecular complexity index is 573. The van der Waals surface area contributed by atoms with Gasteiger partial charge in [0.25, 0.3) is 5.91 Å². The van der Waals surface area contributed by atoms with Gasteiger partial charge in [0.2, 0.25) is 6.23 Å². The van der Waals surface area contributed by atoms with Gasteiger partial charge in [0.15, 0.2) is 0 Å². The molecule has 0 bridgehead atoms. The highest BCUT2D eigenvalue weighted by Gasteiger charge is 2.29. The molecule has 0 radical (unpaired) electrons. The molecule has 9 heteroatoms. The summed E-state index contributed by atoms with van der Waals surface area (Å²) in [7, 11) is -2.85. The quantitative estimate of drug-likeness (QED) is 0.614. The Kier molecular flexibility index (Phi) is 3.98. The van der Waals surface area contributed by atoms with Crippen molar-refractivity contribution in [2.75, 3.05) is 17.7 Å². The van der Waals surface area contributed by atoms with E-state index < -0.39 is 20.0 Å². The highest BCUT2D eigenvalue weighted by Crippen LogP contribution is 2.44. The number of hydrogen-bond donors (Lipinski definition) is 4. The highest BCUT2D eigenvalue weighted by molar-refractivity contribution is 9.10.